The van der Waals surface area contributed by atoms with Crippen molar-refractivity contribution in [3.05, 3.63) is 35.4 Å². The molecule has 3 rings (SSSR count). The van der Waals surface area contributed by atoms with E-state index in [0.717, 1.165) is 24.3 Å². The van der Waals surface area contributed by atoms with E-state index in [1.54, 1.807) is 12.1 Å². The van der Waals surface area contributed by atoms with Gasteiger partial charge in [-0.25, -0.2) is 0 Å². The number of nitrogens with zero attached hydrogens (tertiary/aromatic N) is 1. The van der Waals surface area contributed by atoms with Crippen molar-refractivity contribution in [3.63, 3.8) is 0 Å². The van der Waals surface area contributed by atoms with Crippen LogP contribution in [0.15, 0.2) is 24.3 Å². The van der Waals surface area contributed by atoms with E-state index < -0.39 is 6.37 Å². The zero-order valence-electron chi connectivity index (χ0n) is 15.9. The predicted octanol–water partition coefficient (Wildman–Crippen LogP) is 5.66. The van der Waals surface area contributed by atoms with Gasteiger partial charge < -0.3 is 0 Å². The summed E-state index contributed by atoms with van der Waals surface area (Å²) in [6, 6.07) is 9.32. The quantitative estimate of drug-likeness (QED) is 0.702. The van der Waals surface area contributed by atoms with E-state index in [4.69, 9.17) is 9.37 Å². The maximum absolute atomic E-state index is 8.96. The summed E-state index contributed by atoms with van der Waals surface area (Å²) >= 11 is 0. The molecule has 2 saturated carbocycles. The van der Waals surface area contributed by atoms with Crippen LogP contribution in [0.2, 0.25) is 0 Å². The molecule has 0 aliphatic heterocycles. The normalized spacial score (nSPS) is 40.2. The van der Waals surface area contributed by atoms with Crippen LogP contribution in [-0.4, -0.2) is 0 Å². The molecule has 2 fully saturated rings. The van der Waals surface area contributed by atoms with Crippen molar-refractivity contribution in [2.75, 3.05) is 0 Å². The topological polar surface area (TPSA) is 23.8 Å². The summed E-state index contributed by atoms with van der Waals surface area (Å²) in [4.78, 5) is 0. The summed E-state index contributed by atoms with van der Waals surface area (Å²) in [6.45, 7) is 2.22. The Morgan fingerprint density at radius 2 is 2.00 bits per heavy atom. The molecule has 1 aromatic rings. The highest BCUT2D eigenvalue weighted by atomic mass is 14.4. The number of benzene rings is 1. The van der Waals surface area contributed by atoms with Gasteiger partial charge in [-0.3, -0.25) is 0 Å². The average Bonchev–Trinajstić information content (AvgIpc) is 2.54. The van der Waals surface area contributed by atoms with Gasteiger partial charge in [0, 0.05) is 4.11 Å². The van der Waals surface area contributed by atoms with Crippen molar-refractivity contribution in [2.45, 2.75) is 64.1 Å². The average molecular weight is 284 g/mol. The SMILES string of the molecule is [2H]C1C2CCC(CCC)CC2CC([2H])([2H])C1c1ccc(C#N)cc1. The molecular formula is C20H27N. The lowest BCUT2D eigenvalue weighted by Crippen LogP contribution is -2.30. The van der Waals surface area contributed by atoms with Gasteiger partial charge in [-0.2, -0.15) is 5.26 Å². The molecule has 21 heavy (non-hydrogen) atoms. The van der Waals surface area contributed by atoms with Gasteiger partial charge in [0.25, 0.3) is 0 Å². The first-order chi connectivity index (χ1) is 11.5. The molecule has 2 aliphatic rings. The minimum atomic E-state index is -1.34. The maximum atomic E-state index is 8.96. The first-order valence-corrected chi connectivity index (χ1v) is 8.38. The molecule has 112 valence electrons. The number of hydrogen-bond donors (Lipinski definition) is 0. The zero-order chi connectivity index (χ0) is 17.3. The van der Waals surface area contributed by atoms with Crippen LogP contribution in [0.1, 0.15) is 79.4 Å². The lowest BCUT2D eigenvalue weighted by molar-refractivity contribution is 0.114. The van der Waals surface area contributed by atoms with E-state index in [2.05, 4.69) is 13.0 Å². The molecule has 0 spiro atoms. The van der Waals surface area contributed by atoms with E-state index in [0.29, 0.717) is 23.8 Å². The summed E-state index contributed by atoms with van der Waals surface area (Å²) in [7, 11) is 0. The molecule has 2 aliphatic carbocycles. The Balaban J connectivity index is 1.83. The van der Waals surface area contributed by atoms with Gasteiger partial charge in [0.15, 0.2) is 0 Å². The highest BCUT2D eigenvalue weighted by Crippen LogP contribution is 2.48. The minimum Gasteiger partial charge on any atom is -0.192 e. The van der Waals surface area contributed by atoms with Crippen LogP contribution >= 0.6 is 0 Å². The van der Waals surface area contributed by atoms with Crippen molar-refractivity contribution in [1.82, 2.24) is 0 Å². The first kappa shape index (κ1) is 11.3. The number of nitriles is 1. The van der Waals surface area contributed by atoms with Gasteiger partial charge in [0.2, 0.25) is 0 Å². The molecule has 1 nitrogen and oxygen atoms in total. The van der Waals surface area contributed by atoms with Gasteiger partial charge in [-0.15, -0.1) is 0 Å². The van der Waals surface area contributed by atoms with Gasteiger partial charge in [-0.1, -0.05) is 38.3 Å². The number of hydrogen-bond acceptors (Lipinski definition) is 1. The van der Waals surface area contributed by atoms with E-state index in [1.807, 2.05) is 12.1 Å². The summed E-state index contributed by atoms with van der Waals surface area (Å²) in [5.74, 6) is 1.03. The van der Waals surface area contributed by atoms with Gasteiger partial charge in [-0.05, 0) is 73.4 Å². The fourth-order valence-corrected chi connectivity index (χ4v) is 4.13. The van der Waals surface area contributed by atoms with Gasteiger partial charge in [0.1, 0.15) is 0 Å². The van der Waals surface area contributed by atoms with E-state index in [9.17, 15) is 0 Å². The highest BCUT2D eigenvalue weighted by Gasteiger charge is 2.35. The van der Waals surface area contributed by atoms with Crippen molar-refractivity contribution in [2.24, 2.45) is 17.8 Å². The standard InChI is InChI=1S/C20H27N/c1-2-3-15-4-9-20-13-19(11-10-18(20)12-15)17-7-5-16(14-21)6-8-17/h5-8,15,18-20H,2-4,9-13H2,1H3/i11D2,13D. The summed E-state index contributed by atoms with van der Waals surface area (Å²) < 4.78 is 26.1. The third kappa shape index (κ3) is 3.31. The second-order valence-corrected chi connectivity index (χ2v) is 6.70. The Labute approximate surface area is 133 Å². The molecule has 0 amide bonds. The van der Waals surface area contributed by atoms with Crippen LogP contribution in [-0.2, 0) is 0 Å². The van der Waals surface area contributed by atoms with E-state index in [-0.39, 0.29) is 12.3 Å². The van der Waals surface area contributed by atoms with E-state index >= 15 is 0 Å². The van der Waals surface area contributed by atoms with Crippen LogP contribution in [0.5, 0.6) is 0 Å². The Kier molecular flexibility index (Phi) is 3.58. The zero-order valence-corrected chi connectivity index (χ0v) is 12.9. The largest absolute Gasteiger partial charge is 0.192 e. The predicted molar refractivity (Wildman–Crippen MR) is 87.0 cm³/mol. The summed E-state index contributed by atoms with van der Waals surface area (Å²) in [5, 5.41) is 8.96. The van der Waals surface area contributed by atoms with Crippen LogP contribution < -0.4 is 0 Å². The highest BCUT2D eigenvalue weighted by molar-refractivity contribution is 5.33. The fourth-order valence-electron chi connectivity index (χ4n) is 4.13. The minimum absolute atomic E-state index is 0.322. The van der Waals surface area contributed by atoms with Crippen LogP contribution in [0.3, 0.4) is 0 Å². The molecule has 0 saturated heterocycles. The Morgan fingerprint density at radius 3 is 2.71 bits per heavy atom. The third-order valence-electron chi connectivity index (χ3n) is 5.29. The molecular weight excluding hydrogens is 254 g/mol. The first-order valence-electron chi connectivity index (χ1n) is 9.96. The van der Waals surface area contributed by atoms with Crippen molar-refractivity contribution >= 4 is 0 Å². The fraction of sp³-hybridized carbons (Fsp3) is 0.650. The molecule has 0 heterocycles. The maximum Gasteiger partial charge on any atom is 0.0991 e. The van der Waals surface area contributed by atoms with Gasteiger partial charge >= 0.3 is 0 Å². The van der Waals surface area contributed by atoms with Crippen LogP contribution in [0, 0.1) is 29.1 Å². The molecule has 0 radical (unpaired) electrons. The Morgan fingerprint density at radius 1 is 1.19 bits per heavy atom. The van der Waals surface area contributed by atoms with Crippen LogP contribution in [0.25, 0.3) is 0 Å². The molecule has 1 aromatic carbocycles. The molecule has 0 bridgehead atoms. The smallest absolute Gasteiger partial charge is 0.0991 e. The second-order valence-electron chi connectivity index (χ2n) is 6.70. The molecule has 1 heteroatoms. The monoisotopic (exact) mass is 284 g/mol. The number of rotatable bonds is 3. The van der Waals surface area contributed by atoms with Gasteiger partial charge in [0.05, 0.1) is 11.6 Å². The summed E-state index contributed by atoms with van der Waals surface area (Å²) in [5.41, 5.74) is 1.47. The molecule has 0 N–H and O–H groups in total. The Hall–Kier alpha value is -1.29. The lowest BCUT2D eigenvalue weighted by Gasteiger charge is -2.42. The Bertz CT molecular complexity index is 604. The molecule has 0 aromatic heterocycles. The summed E-state index contributed by atoms with van der Waals surface area (Å²) in [6.07, 6.45) is 4.69. The van der Waals surface area contributed by atoms with Crippen molar-refractivity contribution in [1.29, 1.82) is 5.26 Å². The lowest BCUT2D eigenvalue weighted by atomic mass is 9.63. The number of fused-ring (bicyclic) bond motifs is 1. The van der Waals surface area contributed by atoms with Crippen molar-refractivity contribution in [3.8, 4) is 6.07 Å². The van der Waals surface area contributed by atoms with Crippen molar-refractivity contribution < 1.29 is 4.11 Å². The van der Waals surface area contributed by atoms with E-state index in [1.165, 1.54) is 19.3 Å². The third-order valence-corrected chi connectivity index (χ3v) is 5.29. The second kappa shape index (κ2) is 6.65. The van der Waals surface area contributed by atoms with Crippen LogP contribution in [0.4, 0.5) is 0 Å². The molecule has 5 atom stereocenters. The molecule has 5 unspecified atom stereocenters.